The van der Waals surface area contributed by atoms with Crippen LogP contribution in [-0.2, 0) is 23.9 Å². The molecule has 42 heavy (non-hydrogen) atoms. The normalized spacial score (nSPS) is 11.3. The average molecular weight is 746 g/mol. The Balaban J connectivity index is 0.000000168. The fourth-order valence-corrected chi connectivity index (χ4v) is 6.53. The van der Waals surface area contributed by atoms with Crippen molar-refractivity contribution in [3.05, 3.63) is 175 Å². The summed E-state index contributed by atoms with van der Waals surface area (Å²) in [4.78, 5) is 0. The van der Waals surface area contributed by atoms with Crippen LogP contribution in [0.3, 0.4) is 0 Å². The summed E-state index contributed by atoms with van der Waals surface area (Å²) in [6, 6.07) is 49.7. The Morgan fingerprint density at radius 3 is 1.55 bits per heavy atom. The quantitative estimate of drug-likeness (QED) is 0.142. The molecule has 7 aromatic rings. The smallest absolute Gasteiger partial charge is 0.0255 e. The summed E-state index contributed by atoms with van der Waals surface area (Å²) in [6.07, 6.45) is 10.0. The van der Waals surface area contributed by atoms with E-state index < -0.39 is 0 Å². The summed E-state index contributed by atoms with van der Waals surface area (Å²) in [5.74, 6) is 0. The van der Waals surface area contributed by atoms with Crippen molar-refractivity contribution in [2.24, 2.45) is 0 Å². The number of allylic oxidation sites excluding steroid dienone is 4. The molecule has 0 saturated heterocycles. The average Bonchev–Trinajstić information content (AvgIpc) is 3.75. The van der Waals surface area contributed by atoms with E-state index in [0.717, 1.165) is 30.3 Å². The fourth-order valence-electron chi connectivity index (χ4n) is 5.33. The molecular formula is C39H28Cl2Hf-2. The predicted octanol–water partition coefficient (Wildman–Crippen LogP) is 4.13. The molecule has 0 aromatic heterocycles. The molecule has 8 rings (SSSR count). The van der Waals surface area contributed by atoms with Gasteiger partial charge in [0, 0.05) is 0 Å². The Kier molecular flexibility index (Phi) is 11.3. The van der Waals surface area contributed by atoms with Gasteiger partial charge in [-0.15, -0.1) is 40.1 Å². The van der Waals surface area contributed by atoms with Crippen molar-refractivity contribution in [2.45, 2.75) is 6.42 Å². The van der Waals surface area contributed by atoms with Gasteiger partial charge in [0.1, 0.15) is 0 Å². The zero-order valence-corrected chi connectivity index (χ0v) is 28.1. The van der Waals surface area contributed by atoms with Crippen molar-refractivity contribution in [1.29, 1.82) is 0 Å². The molecule has 0 heterocycles. The number of rotatable bonds is 2. The molecule has 0 spiro atoms. The summed E-state index contributed by atoms with van der Waals surface area (Å²) in [5, 5.41) is 10.8. The molecule has 0 unspecified atom stereocenters. The van der Waals surface area contributed by atoms with Crippen molar-refractivity contribution in [3.63, 3.8) is 0 Å². The second-order valence-corrected chi connectivity index (χ2v) is 11.5. The van der Waals surface area contributed by atoms with Crippen LogP contribution in [0.15, 0.2) is 158 Å². The maximum Gasteiger partial charge on any atom is -0.0255 e. The third kappa shape index (κ3) is 6.76. The Morgan fingerprint density at radius 2 is 1.02 bits per heavy atom. The van der Waals surface area contributed by atoms with E-state index in [9.17, 15) is 0 Å². The molecular weight excluding hydrogens is 718 g/mol. The molecule has 0 N–H and O–H groups in total. The summed E-state index contributed by atoms with van der Waals surface area (Å²) in [5.41, 5.74) is 2.70. The first-order chi connectivity index (χ1) is 19.8. The van der Waals surface area contributed by atoms with Crippen molar-refractivity contribution in [1.82, 2.24) is 0 Å². The number of hydrogen-bond acceptors (Lipinski definition) is 0. The van der Waals surface area contributed by atoms with E-state index in [4.69, 9.17) is 0 Å². The third-order valence-corrected chi connectivity index (χ3v) is 9.29. The van der Waals surface area contributed by atoms with Crippen LogP contribution in [0.1, 0.15) is 17.5 Å². The molecule has 0 nitrogen and oxygen atoms in total. The van der Waals surface area contributed by atoms with Crippen LogP contribution in [0.5, 0.6) is 0 Å². The minimum absolute atomic E-state index is 0. The predicted molar refractivity (Wildman–Crippen MR) is 170 cm³/mol. The molecule has 0 amide bonds. The van der Waals surface area contributed by atoms with Gasteiger partial charge in [-0.2, -0.15) is 6.08 Å². The first-order valence-electron chi connectivity index (χ1n) is 13.6. The van der Waals surface area contributed by atoms with Gasteiger partial charge in [0.15, 0.2) is 0 Å². The van der Waals surface area contributed by atoms with Crippen LogP contribution in [0.25, 0.3) is 43.1 Å². The largest absolute Gasteiger partial charge is 0.126 e. The molecule has 0 bridgehead atoms. The van der Waals surface area contributed by atoms with Crippen molar-refractivity contribution in [2.75, 3.05) is 0 Å². The Labute approximate surface area is 274 Å². The van der Waals surface area contributed by atoms with Crippen molar-refractivity contribution < 1.29 is 48.7 Å². The molecule has 0 aliphatic heterocycles. The van der Waals surface area contributed by atoms with Crippen LogP contribution in [-0.4, -0.2) is 3.26 Å². The van der Waals surface area contributed by atoms with E-state index in [1.807, 2.05) is 12.2 Å². The fraction of sp³-hybridized carbons (Fsp3) is 0.0256. The van der Waals surface area contributed by atoms with E-state index in [1.54, 1.807) is 0 Å². The van der Waals surface area contributed by atoms with E-state index in [0.29, 0.717) is 0 Å². The minimum Gasteiger partial charge on any atom is -0.126 e. The molecule has 204 valence electrons. The van der Waals surface area contributed by atoms with E-state index >= 15 is 0 Å². The van der Waals surface area contributed by atoms with Gasteiger partial charge in [-0.3, -0.25) is 6.08 Å². The molecule has 0 saturated carbocycles. The molecule has 0 fully saturated rings. The summed E-state index contributed by atoms with van der Waals surface area (Å²) >= 11 is 1.08. The maximum atomic E-state index is 2.99. The number of fused-ring (bicyclic) bond motifs is 8. The van der Waals surface area contributed by atoms with Crippen LogP contribution >= 0.6 is 0 Å². The van der Waals surface area contributed by atoms with Gasteiger partial charge in [-0.1, -0.05) is 77.5 Å². The Morgan fingerprint density at radius 1 is 0.548 bits per heavy atom. The first kappa shape index (κ1) is 31.4. The van der Waals surface area contributed by atoms with Gasteiger partial charge in [0.05, 0.1) is 0 Å². The molecule has 1 aliphatic rings. The zero-order chi connectivity index (χ0) is 27.1. The molecule has 1 aliphatic carbocycles. The molecule has 3 heteroatoms. The van der Waals surface area contributed by atoms with Gasteiger partial charge < -0.3 is 24.8 Å². The molecule has 0 atom stereocenters. The SMILES string of the molecule is [C-]1=CC=CC1.[Cl-].[Cl-].[Hf+2]=[C](c1ccccc1)c1ccccc1.c1ccc2c(c1)[cH-]c1c3ccccc3c3ccccc3c21. The molecule has 0 radical (unpaired) electrons. The second kappa shape index (κ2) is 15.1. The molecule has 7 aromatic carbocycles. The maximum absolute atomic E-state index is 2.99. The zero-order valence-electron chi connectivity index (χ0n) is 23.0. The van der Waals surface area contributed by atoms with Crippen molar-refractivity contribution >= 4 is 46.3 Å². The number of benzene rings is 6. The van der Waals surface area contributed by atoms with Crippen molar-refractivity contribution in [3.8, 4) is 0 Å². The third-order valence-electron chi connectivity index (χ3n) is 7.21. The van der Waals surface area contributed by atoms with Crippen LogP contribution in [0.2, 0.25) is 0 Å². The monoisotopic (exact) mass is 746 g/mol. The Bertz CT molecular complexity index is 1930. The first-order valence-corrected chi connectivity index (χ1v) is 15.4. The number of hydrogen-bond donors (Lipinski definition) is 0. The van der Waals surface area contributed by atoms with Gasteiger partial charge in [0.25, 0.3) is 0 Å². The van der Waals surface area contributed by atoms with Gasteiger partial charge in [0.2, 0.25) is 0 Å². The summed E-state index contributed by atoms with van der Waals surface area (Å²) < 4.78 is 1.46. The second-order valence-electron chi connectivity index (χ2n) is 9.72. The van der Waals surface area contributed by atoms with E-state index in [2.05, 4.69) is 152 Å². The minimum atomic E-state index is 0. The van der Waals surface area contributed by atoms with Gasteiger partial charge >= 0.3 is 98.9 Å². The number of halogens is 2. The van der Waals surface area contributed by atoms with Crippen LogP contribution in [0.4, 0.5) is 0 Å². The van der Waals surface area contributed by atoms with E-state index in [1.165, 1.54) is 57.5 Å². The Hall–Kier alpha value is -3.49. The summed E-state index contributed by atoms with van der Waals surface area (Å²) in [6.45, 7) is 0. The summed E-state index contributed by atoms with van der Waals surface area (Å²) in [7, 11) is 0. The van der Waals surface area contributed by atoms with Gasteiger partial charge in [-0.05, 0) is 10.8 Å². The topological polar surface area (TPSA) is 0 Å². The van der Waals surface area contributed by atoms with Gasteiger partial charge in [-0.25, -0.2) is 12.2 Å². The standard InChI is InChI=1S/C21H13.C13H10.C5H5.2ClH.Hf/c1-2-8-15-14(7-1)13-20-18-11-4-3-9-16(18)17-10-5-6-12-19(17)21(15)20;1-3-7-12(8-4-1)11-13-9-5-2-6-10-13;1-2-4-5-3-1;;;/h1-13H;1-10H;1-3H,4H2;2*1H;/q-1;;-1;;;+2/p-2. The van der Waals surface area contributed by atoms with Crippen LogP contribution in [0, 0.1) is 6.08 Å². The van der Waals surface area contributed by atoms with E-state index in [-0.39, 0.29) is 24.8 Å². The van der Waals surface area contributed by atoms with Crippen LogP contribution < -0.4 is 24.8 Å².